The molecule has 0 bridgehead atoms. The van der Waals surface area contributed by atoms with E-state index in [2.05, 4.69) is 73.8 Å². The van der Waals surface area contributed by atoms with Crippen LogP contribution in [0.4, 0.5) is 5.69 Å². The fourth-order valence-electron chi connectivity index (χ4n) is 2.37. The second kappa shape index (κ2) is 6.98. The summed E-state index contributed by atoms with van der Waals surface area (Å²) in [4.78, 5) is 0. The molecule has 1 atom stereocenters. The van der Waals surface area contributed by atoms with Crippen LogP contribution in [0, 0.1) is 0 Å². The number of nitrogens with one attached hydrogen (secondary N) is 1. The van der Waals surface area contributed by atoms with Crippen LogP contribution in [0.25, 0.3) is 0 Å². The van der Waals surface area contributed by atoms with Crippen LogP contribution in [0.3, 0.4) is 0 Å². The summed E-state index contributed by atoms with van der Waals surface area (Å²) in [5, 5.41) is 3.56. The van der Waals surface area contributed by atoms with Crippen LogP contribution in [-0.4, -0.2) is 6.54 Å². The average Bonchev–Trinajstić information content (AvgIpc) is 2.48. The van der Waals surface area contributed by atoms with Crippen molar-refractivity contribution >= 4 is 5.69 Å². The molecule has 1 heteroatoms. The molecule has 0 aliphatic heterocycles. The van der Waals surface area contributed by atoms with E-state index in [0.29, 0.717) is 5.92 Å². The molecule has 0 heterocycles. The van der Waals surface area contributed by atoms with E-state index in [9.17, 15) is 0 Å². The predicted molar refractivity (Wildman–Crippen MR) is 83.8 cm³/mol. The fourth-order valence-corrected chi connectivity index (χ4v) is 2.37. The lowest BCUT2D eigenvalue weighted by atomic mass is 9.98. The van der Waals surface area contributed by atoms with Gasteiger partial charge in [0.05, 0.1) is 0 Å². The molecule has 0 saturated heterocycles. The van der Waals surface area contributed by atoms with Crippen molar-refractivity contribution in [3.05, 3.63) is 65.7 Å². The highest BCUT2D eigenvalue weighted by atomic mass is 14.9. The van der Waals surface area contributed by atoms with Crippen molar-refractivity contribution in [2.75, 3.05) is 11.9 Å². The first-order valence-electron chi connectivity index (χ1n) is 7.18. The van der Waals surface area contributed by atoms with Crippen molar-refractivity contribution in [2.45, 2.75) is 32.6 Å². The first kappa shape index (κ1) is 13.7. The zero-order valence-electron chi connectivity index (χ0n) is 11.9. The van der Waals surface area contributed by atoms with Crippen molar-refractivity contribution in [2.24, 2.45) is 0 Å². The van der Waals surface area contributed by atoms with E-state index in [4.69, 9.17) is 0 Å². The Balaban J connectivity index is 1.87. The number of benzene rings is 2. The maximum atomic E-state index is 3.56. The van der Waals surface area contributed by atoms with E-state index in [1.807, 2.05) is 0 Å². The molecule has 0 aliphatic carbocycles. The van der Waals surface area contributed by atoms with E-state index in [-0.39, 0.29) is 0 Å². The Morgan fingerprint density at radius 3 is 2.37 bits per heavy atom. The largest absolute Gasteiger partial charge is 0.385 e. The molecule has 0 radical (unpaired) electrons. The number of anilines is 1. The van der Waals surface area contributed by atoms with E-state index in [1.165, 1.54) is 16.8 Å². The van der Waals surface area contributed by atoms with E-state index < -0.39 is 0 Å². The topological polar surface area (TPSA) is 12.0 Å². The summed E-state index contributed by atoms with van der Waals surface area (Å²) < 4.78 is 0. The van der Waals surface area contributed by atoms with Gasteiger partial charge in [-0.1, -0.05) is 62.4 Å². The number of hydrogen-bond acceptors (Lipinski definition) is 1. The van der Waals surface area contributed by atoms with Gasteiger partial charge < -0.3 is 5.32 Å². The Bertz CT molecular complexity index is 490. The lowest BCUT2D eigenvalue weighted by molar-refractivity contribution is 0.705. The third-order valence-electron chi connectivity index (χ3n) is 3.66. The number of rotatable bonds is 6. The van der Waals surface area contributed by atoms with Gasteiger partial charge in [0.2, 0.25) is 0 Å². The second-order valence-corrected chi connectivity index (χ2v) is 5.04. The van der Waals surface area contributed by atoms with Crippen molar-refractivity contribution in [1.29, 1.82) is 0 Å². The SMILES string of the molecule is CCc1ccccc1NCCC(C)c1ccccc1. The minimum atomic E-state index is 0.600. The van der Waals surface area contributed by atoms with Gasteiger partial charge >= 0.3 is 0 Å². The zero-order valence-corrected chi connectivity index (χ0v) is 11.9. The Kier molecular flexibility index (Phi) is 5.02. The minimum absolute atomic E-state index is 0.600. The lowest BCUT2D eigenvalue weighted by Gasteiger charge is -2.14. The Labute approximate surface area is 116 Å². The number of para-hydroxylation sites is 1. The highest BCUT2D eigenvalue weighted by Gasteiger charge is 2.05. The van der Waals surface area contributed by atoms with Gasteiger partial charge in [-0.05, 0) is 36.0 Å². The predicted octanol–water partition coefficient (Wildman–Crippen LogP) is 4.85. The summed E-state index contributed by atoms with van der Waals surface area (Å²) in [6.07, 6.45) is 2.24. The number of aryl methyl sites for hydroxylation is 1. The molecule has 100 valence electrons. The third kappa shape index (κ3) is 3.85. The van der Waals surface area contributed by atoms with Gasteiger partial charge in [0.1, 0.15) is 0 Å². The third-order valence-corrected chi connectivity index (χ3v) is 3.66. The highest BCUT2D eigenvalue weighted by molar-refractivity contribution is 5.51. The summed E-state index contributed by atoms with van der Waals surface area (Å²) in [5.41, 5.74) is 4.10. The van der Waals surface area contributed by atoms with Crippen LogP contribution in [0.5, 0.6) is 0 Å². The summed E-state index contributed by atoms with van der Waals surface area (Å²) in [5.74, 6) is 0.600. The van der Waals surface area contributed by atoms with E-state index >= 15 is 0 Å². The van der Waals surface area contributed by atoms with Crippen LogP contribution in [0.1, 0.15) is 37.3 Å². The molecule has 0 amide bonds. The second-order valence-electron chi connectivity index (χ2n) is 5.04. The quantitative estimate of drug-likeness (QED) is 0.775. The maximum absolute atomic E-state index is 3.56. The van der Waals surface area contributed by atoms with Crippen LogP contribution in [0.2, 0.25) is 0 Å². The molecule has 0 spiro atoms. The van der Waals surface area contributed by atoms with Gasteiger partial charge in [-0.15, -0.1) is 0 Å². The zero-order chi connectivity index (χ0) is 13.5. The van der Waals surface area contributed by atoms with Crippen molar-refractivity contribution < 1.29 is 0 Å². The molecule has 2 aromatic carbocycles. The van der Waals surface area contributed by atoms with Crippen LogP contribution in [0.15, 0.2) is 54.6 Å². The molecule has 19 heavy (non-hydrogen) atoms. The molecular weight excluding hydrogens is 230 g/mol. The smallest absolute Gasteiger partial charge is 0.0372 e. The lowest BCUT2D eigenvalue weighted by Crippen LogP contribution is -2.07. The molecule has 1 nitrogen and oxygen atoms in total. The first-order chi connectivity index (χ1) is 9.31. The van der Waals surface area contributed by atoms with Crippen LogP contribution >= 0.6 is 0 Å². The Hall–Kier alpha value is -1.76. The molecular formula is C18H23N. The van der Waals surface area contributed by atoms with Gasteiger partial charge in [-0.2, -0.15) is 0 Å². The Morgan fingerprint density at radius 2 is 1.63 bits per heavy atom. The van der Waals surface area contributed by atoms with E-state index in [0.717, 1.165) is 19.4 Å². The van der Waals surface area contributed by atoms with Gasteiger partial charge in [0.15, 0.2) is 0 Å². The first-order valence-corrected chi connectivity index (χ1v) is 7.18. The van der Waals surface area contributed by atoms with Crippen LogP contribution in [-0.2, 0) is 6.42 Å². The van der Waals surface area contributed by atoms with Gasteiger partial charge in [0, 0.05) is 12.2 Å². The van der Waals surface area contributed by atoms with Crippen LogP contribution < -0.4 is 5.32 Å². The molecule has 0 fully saturated rings. The molecule has 1 N–H and O–H groups in total. The average molecular weight is 253 g/mol. The normalized spacial score (nSPS) is 12.1. The molecule has 0 saturated carbocycles. The molecule has 2 rings (SSSR count). The van der Waals surface area contributed by atoms with Crippen molar-refractivity contribution in [3.8, 4) is 0 Å². The monoisotopic (exact) mass is 253 g/mol. The summed E-state index contributed by atoms with van der Waals surface area (Å²) in [6, 6.07) is 19.3. The highest BCUT2D eigenvalue weighted by Crippen LogP contribution is 2.20. The summed E-state index contributed by atoms with van der Waals surface area (Å²) >= 11 is 0. The molecule has 1 unspecified atom stereocenters. The fraction of sp³-hybridized carbons (Fsp3) is 0.333. The standard InChI is InChI=1S/C18H23N/c1-3-16-9-7-8-12-18(16)19-14-13-15(2)17-10-5-4-6-11-17/h4-12,15,19H,3,13-14H2,1-2H3. The Morgan fingerprint density at radius 1 is 0.947 bits per heavy atom. The molecule has 0 aliphatic rings. The minimum Gasteiger partial charge on any atom is -0.385 e. The van der Waals surface area contributed by atoms with Crippen molar-refractivity contribution in [3.63, 3.8) is 0 Å². The summed E-state index contributed by atoms with van der Waals surface area (Å²) in [6.45, 7) is 5.52. The summed E-state index contributed by atoms with van der Waals surface area (Å²) in [7, 11) is 0. The number of hydrogen-bond donors (Lipinski definition) is 1. The molecule has 0 aromatic heterocycles. The van der Waals surface area contributed by atoms with Crippen molar-refractivity contribution in [1.82, 2.24) is 0 Å². The molecule has 2 aromatic rings. The maximum Gasteiger partial charge on any atom is 0.0372 e. The van der Waals surface area contributed by atoms with E-state index in [1.54, 1.807) is 0 Å². The van der Waals surface area contributed by atoms with Gasteiger partial charge in [0.25, 0.3) is 0 Å². The van der Waals surface area contributed by atoms with Gasteiger partial charge in [-0.25, -0.2) is 0 Å². The van der Waals surface area contributed by atoms with Gasteiger partial charge in [-0.3, -0.25) is 0 Å².